The third-order valence-corrected chi connectivity index (χ3v) is 6.47. The summed E-state index contributed by atoms with van der Waals surface area (Å²) < 4.78 is 44.7. The summed E-state index contributed by atoms with van der Waals surface area (Å²) in [6.45, 7) is -1.81. The average molecular weight is 509 g/mol. The van der Waals surface area contributed by atoms with Crippen molar-refractivity contribution in [1.82, 2.24) is 14.3 Å². The Hall–Kier alpha value is -4.34. The van der Waals surface area contributed by atoms with Gasteiger partial charge in [0, 0.05) is 43.4 Å². The van der Waals surface area contributed by atoms with E-state index in [9.17, 15) is 22.8 Å². The molecule has 1 aliphatic rings. The molecule has 3 heterocycles. The molecular formula is C27H23F3N4O3. The Bertz CT molecular complexity index is 1430. The van der Waals surface area contributed by atoms with Crippen LogP contribution in [-0.4, -0.2) is 45.8 Å². The molecule has 0 atom stereocenters. The van der Waals surface area contributed by atoms with Crippen molar-refractivity contribution in [2.75, 3.05) is 18.4 Å². The van der Waals surface area contributed by atoms with Gasteiger partial charge < -0.3 is 19.4 Å². The molecule has 5 rings (SSSR count). The number of likely N-dealkylation sites (tertiary alicyclic amines) is 1. The molecule has 0 bridgehead atoms. The normalized spacial score (nSPS) is 14.2. The Morgan fingerprint density at radius 2 is 1.78 bits per heavy atom. The molecule has 0 radical (unpaired) electrons. The van der Waals surface area contributed by atoms with Gasteiger partial charge in [-0.2, -0.15) is 8.78 Å². The van der Waals surface area contributed by atoms with Gasteiger partial charge in [-0.1, -0.05) is 12.1 Å². The topological polar surface area (TPSA) is 75.9 Å². The predicted octanol–water partition coefficient (Wildman–Crippen LogP) is 5.35. The first kappa shape index (κ1) is 24.4. The maximum absolute atomic E-state index is 14.2. The highest BCUT2D eigenvalue weighted by molar-refractivity contribution is 6.04. The fraction of sp³-hybridized carbons (Fsp3) is 0.222. The lowest BCUT2D eigenvalue weighted by atomic mass is 9.89. The average Bonchev–Trinajstić information content (AvgIpc) is 3.36. The minimum absolute atomic E-state index is 0.00635. The molecule has 2 aromatic carbocycles. The molecule has 0 spiro atoms. The van der Waals surface area contributed by atoms with Crippen LogP contribution in [-0.2, 0) is 0 Å². The zero-order chi connectivity index (χ0) is 25.9. The number of rotatable bonds is 6. The standard InChI is InChI=1S/C27H23F3N4O3/c28-23-15-21(37-27(29)30)6-7-22(23)25(35)32-20-4-1-17(2-5-20)18-9-12-33(13-10-18)26(36)19-3-8-24-31-11-14-34(24)16-19/h1-8,11,14-16,18,27H,9-10,12-13H2,(H,32,35). The highest BCUT2D eigenvalue weighted by Crippen LogP contribution is 2.30. The van der Waals surface area contributed by atoms with E-state index in [0.29, 0.717) is 24.3 Å². The van der Waals surface area contributed by atoms with Crippen LogP contribution in [0.4, 0.5) is 18.9 Å². The third-order valence-electron chi connectivity index (χ3n) is 6.47. The molecule has 4 aromatic rings. The molecule has 37 heavy (non-hydrogen) atoms. The summed E-state index contributed by atoms with van der Waals surface area (Å²) in [6, 6.07) is 13.8. The van der Waals surface area contributed by atoms with E-state index in [1.54, 1.807) is 30.6 Å². The number of anilines is 1. The van der Waals surface area contributed by atoms with Crippen LogP contribution in [0.3, 0.4) is 0 Å². The van der Waals surface area contributed by atoms with Gasteiger partial charge in [-0.25, -0.2) is 9.37 Å². The van der Waals surface area contributed by atoms with Crippen molar-refractivity contribution in [1.29, 1.82) is 0 Å². The van der Waals surface area contributed by atoms with E-state index in [1.807, 2.05) is 33.7 Å². The van der Waals surface area contributed by atoms with Crippen LogP contribution in [0.5, 0.6) is 5.75 Å². The minimum atomic E-state index is -3.08. The van der Waals surface area contributed by atoms with Crippen LogP contribution >= 0.6 is 0 Å². The smallest absolute Gasteiger partial charge is 0.387 e. The van der Waals surface area contributed by atoms with Crippen molar-refractivity contribution in [3.63, 3.8) is 0 Å². The van der Waals surface area contributed by atoms with Crippen LogP contribution in [0.1, 0.15) is 45.0 Å². The number of amides is 2. The van der Waals surface area contributed by atoms with Gasteiger partial charge in [0.25, 0.3) is 11.8 Å². The van der Waals surface area contributed by atoms with E-state index in [4.69, 9.17) is 0 Å². The van der Waals surface area contributed by atoms with Crippen molar-refractivity contribution in [2.24, 2.45) is 0 Å². The molecule has 190 valence electrons. The zero-order valence-corrected chi connectivity index (χ0v) is 19.6. The Morgan fingerprint density at radius 1 is 1.03 bits per heavy atom. The number of fused-ring (bicyclic) bond motifs is 1. The Labute approximate surface area is 210 Å². The lowest BCUT2D eigenvalue weighted by molar-refractivity contribution is -0.0500. The fourth-order valence-electron chi connectivity index (χ4n) is 4.54. The number of imidazole rings is 1. The fourth-order valence-corrected chi connectivity index (χ4v) is 4.54. The van der Waals surface area contributed by atoms with E-state index in [-0.39, 0.29) is 23.1 Å². The van der Waals surface area contributed by atoms with E-state index in [1.165, 1.54) is 0 Å². The van der Waals surface area contributed by atoms with Crippen LogP contribution in [0.2, 0.25) is 0 Å². The lowest BCUT2D eigenvalue weighted by Crippen LogP contribution is -2.38. The monoisotopic (exact) mass is 508 g/mol. The van der Waals surface area contributed by atoms with Gasteiger partial charge >= 0.3 is 6.61 Å². The van der Waals surface area contributed by atoms with E-state index < -0.39 is 18.3 Å². The maximum Gasteiger partial charge on any atom is 0.387 e. The summed E-state index contributed by atoms with van der Waals surface area (Å²) in [6.07, 6.45) is 6.91. The van der Waals surface area contributed by atoms with E-state index in [2.05, 4.69) is 15.0 Å². The Morgan fingerprint density at radius 3 is 2.49 bits per heavy atom. The van der Waals surface area contributed by atoms with Gasteiger partial charge in [-0.05, 0) is 60.7 Å². The summed E-state index contributed by atoms with van der Waals surface area (Å²) in [4.78, 5) is 31.4. The summed E-state index contributed by atoms with van der Waals surface area (Å²) in [5.41, 5.74) is 2.69. The van der Waals surface area contributed by atoms with E-state index >= 15 is 0 Å². The Balaban J connectivity index is 1.17. The van der Waals surface area contributed by atoms with E-state index in [0.717, 1.165) is 42.3 Å². The second-order valence-corrected chi connectivity index (χ2v) is 8.77. The maximum atomic E-state index is 14.2. The quantitative estimate of drug-likeness (QED) is 0.381. The van der Waals surface area contributed by atoms with Crippen molar-refractivity contribution in [3.05, 3.63) is 95.7 Å². The van der Waals surface area contributed by atoms with Gasteiger partial charge in [-0.15, -0.1) is 0 Å². The summed E-state index contributed by atoms with van der Waals surface area (Å²) in [5.74, 6) is -1.76. The van der Waals surface area contributed by atoms with Crippen LogP contribution in [0, 0.1) is 5.82 Å². The Kier molecular flexibility index (Phi) is 6.80. The molecule has 0 aliphatic carbocycles. The molecule has 1 N–H and O–H groups in total. The second kappa shape index (κ2) is 10.3. The molecule has 10 heteroatoms. The number of piperidine rings is 1. The molecule has 1 saturated heterocycles. The summed E-state index contributed by atoms with van der Waals surface area (Å²) in [7, 11) is 0. The number of carbonyl (C=O) groups is 2. The molecule has 1 aliphatic heterocycles. The summed E-state index contributed by atoms with van der Waals surface area (Å²) >= 11 is 0. The highest BCUT2D eigenvalue weighted by Gasteiger charge is 2.25. The third kappa shape index (κ3) is 5.42. The van der Waals surface area contributed by atoms with Gasteiger partial charge in [0.1, 0.15) is 17.2 Å². The minimum Gasteiger partial charge on any atom is -0.435 e. The highest BCUT2D eigenvalue weighted by atomic mass is 19.3. The number of alkyl halides is 2. The van der Waals surface area contributed by atoms with Crippen LogP contribution in [0.25, 0.3) is 5.65 Å². The molecule has 0 saturated carbocycles. The SMILES string of the molecule is O=C(Nc1ccc(C2CCN(C(=O)c3ccc4nccn4c3)CC2)cc1)c1ccc(OC(F)F)cc1F. The van der Waals surface area contributed by atoms with Crippen molar-refractivity contribution in [2.45, 2.75) is 25.4 Å². The number of ether oxygens (including phenoxy) is 1. The zero-order valence-electron chi connectivity index (χ0n) is 19.6. The van der Waals surface area contributed by atoms with Gasteiger partial charge in [0.2, 0.25) is 0 Å². The second-order valence-electron chi connectivity index (χ2n) is 8.77. The number of nitrogens with zero attached hydrogens (tertiary/aromatic N) is 3. The number of hydrogen-bond donors (Lipinski definition) is 1. The first-order chi connectivity index (χ1) is 17.9. The molecule has 1 fully saturated rings. The molecule has 2 amide bonds. The first-order valence-corrected chi connectivity index (χ1v) is 11.7. The van der Waals surface area contributed by atoms with Crippen molar-refractivity contribution < 1.29 is 27.5 Å². The van der Waals surface area contributed by atoms with Crippen LogP contribution < -0.4 is 10.1 Å². The number of aromatic nitrogens is 2. The number of carbonyl (C=O) groups excluding carboxylic acids is 2. The molecule has 7 nitrogen and oxygen atoms in total. The molecule has 2 aromatic heterocycles. The predicted molar refractivity (Wildman–Crippen MR) is 130 cm³/mol. The van der Waals surface area contributed by atoms with Crippen molar-refractivity contribution in [3.8, 4) is 5.75 Å². The van der Waals surface area contributed by atoms with Gasteiger partial charge in [0.05, 0.1) is 11.1 Å². The number of hydrogen-bond acceptors (Lipinski definition) is 4. The number of nitrogens with one attached hydrogen (secondary N) is 1. The summed E-state index contributed by atoms with van der Waals surface area (Å²) in [5, 5.41) is 2.61. The number of benzene rings is 2. The van der Waals surface area contributed by atoms with Crippen molar-refractivity contribution >= 4 is 23.1 Å². The number of pyridine rings is 1. The first-order valence-electron chi connectivity index (χ1n) is 11.7. The lowest BCUT2D eigenvalue weighted by Gasteiger charge is -2.32. The largest absolute Gasteiger partial charge is 0.435 e. The number of halogens is 3. The van der Waals surface area contributed by atoms with Gasteiger partial charge in [0.15, 0.2) is 0 Å². The van der Waals surface area contributed by atoms with Crippen LogP contribution in [0.15, 0.2) is 73.2 Å². The molecular weight excluding hydrogens is 485 g/mol. The van der Waals surface area contributed by atoms with Gasteiger partial charge in [-0.3, -0.25) is 9.59 Å². The molecule has 0 unspecified atom stereocenters.